The average Bonchev–Trinajstić information content (AvgIpc) is 2.84. The lowest BCUT2D eigenvalue weighted by atomic mass is 9.93. The van der Waals surface area contributed by atoms with Crippen molar-refractivity contribution in [2.75, 3.05) is 6.61 Å². The first-order valence-corrected chi connectivity index (χ1v) is 8.18. The molecule has 1 fully saturated rings. The minimum atomic E-state index is -0.904. The van der Waals surface area contributed by atoms with Gasteiger partial charge < -0.3 is 15.2 Å². The lowest BCUT2D eigenvalue weighted by Crippen LogP contribution is -2.49. The van der Waals surface area contributed by atoms with Crippen molar-refractivity contribution in [3.8, 4) is 5.75 Å². The minimum absolute atomic E-state index is 0.0578. The molecular formula is C15H17BrClNO4. The molecule has 1 aromatic carbocycles. The summed E-state index contributed by atoms with van der Waals surface area (Å²) in [4.78, 5) is 23.0. The number of carboxylic acids is 1. The number of hydrogen-bond donors (Lipinski definition) is 2. The number of ether oxygens (including phenoxy) is 1. The van der Waals surface area contributed by atoms with E-state index in [0.717, 1.165) is 17.3 Å². The third kappa shape index (κ3) is 4.61. The van der Waals surface area contributed by atoms with Crippen LogP contribution in [0.1, 0.15) is 32.1 Å². The van der Waals surface area contributed by atoms with E-state index in [0.29, 0.717) is 23.6 Å². The Labute approximate surface area is 142 Å². The first-order chi connectivity index (χ1) is 10.4. The predicted molar refractivity (Wildman–Crippen MR) is 86.2 cm³/mol. The van der Waals surface area contributed by atoms with Gasteiger partial charge in [-0.1, -0.05) is 40.4 Å². The topological polar surface area (TPSA) is 75.6 Å². The zero-order valence-corrected chi connectivity index (χ0v) is 14.2. The molecule has 0 spiro atoms. The number of aliphatic carboxylic acids is 1. The van der Waals surface area contributed by atoms with Crippen LogP contribution in [0.25, 0.3) is 0 Å². The van der Waals surface area contributed by atoms with Crippen molar-refractivity contribution >= 4 is 39.4 Å². The van der Waals surface area contributed by atoms with E-state index in [9.17, 15) is 9.59 Å². The first kappa shape index (κ1) is 17.1. The summed E-state index contributed by atoms with van der Waals surface area (Å²) in [5.41, 5.74) is -0.643. The van der Waals surface area contributed by atoms with Gasteiger partial charge in [0.25, 0.3) is 5.91 Å². The zero-order valence-electron chi connectivity index (χ0n) is 11.9. The molecule has 0 aromatic heterocycles. The Kier molecular flexibility index (Phi) is 5.69. The van der Waals surface area contributed by atoms with Crippen molar-refractivity contribution in [2.45, 2.75) is 37.6 Å². The second kappa shape index (κ2) is 7.33. The monoisotopic (exact) mass is 389 g/mol. The van der Waals surface area contributed by atoms with E-state index >= 15 is 0 Å². The second-order valence-corrected chi connectivity index (χ2v) is 6.79. The van der Waals surface area contributed by atoms with E-state index in [2.05, 4.69) is 21.2 Å². The smallest absolute Gasteiger partial charge is 0.305 e. The number of rotatable bonds is 6. The summed E-state index contributed by atoms with van der Waals surface area (Å²) in [6.45, 7) is -0.192. The number of carboxylic acid groups (broad SMARTS) is 1. The van der Waals surface area contributed by atoms with Crippen LogP contribution in [-0.2, 0) is 9.59 Å². The van der Waals surface area contributed by atoms with Crippen molar-refractivity contribution < 1.29 is 19.4 Å². The van der Waals surface area contributed by atoms with Crippen LogP contribution in [0.4, 0.5) is 0 Å². The van der Waals surface area contributed by atoms with E-state index in [1.807, 2.05) is 0 Å². The lowest BCUT2D eigenvalue weighted by molar-refractivity contribution is -0.139. The fourth-order valence-electron chi connectivity index (χ4n) is 2.75. The lowest BCUT2D eigenvalue weighted by Gasteiger charge is -2.28. The molecule has 5 nitrogen and oxygen atoms in total. The van der Waals surface area contributed by atoms with E-state index in [-0.39, 0.29) is 18.9 Å². The highest BCUT2D eigenvalue weighted by molar-refractivity contribution is 9.10. The number of amides is 1. The molecule has 0 saturated heterocycles. The number of nitrogens with one attached hydrogen (secondary N) is 1. The van der Waals surface area contributed by atoms with Crippen LogP contribution < -0.4 is 10.1 Å². The van der Waals surface area contributed by atoms with Crippen molar-refractivity contribution in [2.24, 2.45) is 0 Å². The molecule has 0 bridgehead atoms. The van der Waals surface area contributed by atoms with Gasteiger partial charge in [0, 0.05) is 4.47 Å². The summed E-state index contributed by atoms with van der Waals surface area (Å²) < 4.78 is 6.22. The molecule has 2 N–H and O–H groups in total. The predicted octanol–water partition coefficient (Wildman–Crippen LogP) is 3.39. The Morgan fingerprint density at radius 3 is 2.64 bits per heavy atom. The number of halogens is 2. The number of benzene rings is 1. The summed E-state index contributed by atoms with van der Waals surface area (Å²) in [6, 6.07) is 5.11. The standard InChI is InChI=1S/C15H17BrClNO4/c16-10-3-4-12(11(17)7-10)22-9-13(19)18-15(8-14(20)21)5-1-2-6-15/h3-4,7H,1-2,5-6,8-9H2,(H,18,19)(H,20,21). The van der Waals surface area contributed by atoms with Gasteiger partial charge in [-0.25, -0.2) is 0 Å². The van der Waals surface area contributed by atoms with Gasteiger partial charge >= 0.3 is 5.97 Å². The highest BCUT2D eigenvalue weighted by atomic mass is 79.9. The molecule has 2 rings (SSSR count). The van der Waals surface area contributed by atoms with Crippen LogP contribution in [0.5, 0.6) is 5.75 Å². The molecular weight excluding hydrogens is 374 g/mol. The Morgan fingerprint density at radius 2 is 2.05 bits per heavy atom. The minimum Gasteiger partial charge on any atom is -0.482 e. The second-order valence-electron chi connectivity index (χ2n) is 5.47. The molecule has 1 aromatic rings. The fraction of sp³-hybridized carbons (Fsp3) is 0.467. The molecule has 1 aliphatic rings. The molecule has 0 atom stereocenters. The van der Waals surface area contributed by atoms with Crippen molar-refractivity contribution in [1.82, 2.24) is 5.32 Å². The first-order valence-electron chi connectivity index (χ1n) is 7.01. The quantitative estimate of drug-likeness (QED) is 0.781. The third-order valence-electron chi connectivity index (χ3n) is 3.71. The van der Waals surface area contributed by atoms with Crippen LogP contribution in [-0.4, -0.2) is 29.1 Å². The van der Waals surface area contributed by atoms with Gasteiger partial charge in [-0.2, -0.15) is 0 Å². The third-order valence-corrected chi connectivity index (χ3v) is 4.50. The summed E-state index contributed by atoms with van der Waals surface area (Å²) in [6.07, 6.45) is 3.16. The SMILES string of the molecule is O=C(O)CC1(NC(=O)COc2ccc(Br)cc2Cl)CCCC1. The van der Waals surface area contributed by atoms with Crippen LogP contribution in [0, 0.1) is 0 Å². The van der Waals surface area contributed by atoms with Crippen LogP contribution >= 0.6 is 27.5 Å². The summed E-state index contributed by atoms with van der Waals surface area (Å²) in [5.74, 6) is -0.820. The van der Waals surface area contributed by atoms with Crippen LogP contribution in [0.2, 0.25) is 5.02 Å². The van der Waals surface area contributed by atoms with Gasteiger partial charge in [-0.15, -0.1) is 0 Å². The molecule has 1 amide bonds. The largest absolute Gasteiger partial charge is 0.482 e. The Bertz CT molecular complexity index is 573. The maximum absolute atomic E-state index is 12.1. The van der Waals surface area contributed by atoms with E-state index in [4.69, 9.17) is 21.4 Å². The zero-order chi connectivity index (χ0) is 16.2. The van der Waals surface area contributed by atoms with Crippen LogP contribution in [0.3, 0.4) is 0 Å². The van der Waals surface area contributed by atoms with Crippen molar-refractivity contribution in [1.29, 1.82) is 0 Å². The average molecular weight is 391 g/mol. The van der Waals surface area contributed by atoms with Gasteiger partial charge in [0.15, 0.2) is 6.61 Å². The normalized spacial score (nSPS) is 16.3. The Morgan fingerprint density at radius 1 is 1.36 bits per heavy atom. The molecule has 120 valence electrons. The molecule has 0 heterocycles. The number of carbonyl (C=O) groups excluding carboxylic acids is 1. The molecule has 0 aliphatic heterocycles. The molecule has 0 unspecified atom stereocenters. The van der Waals surface area contributed by atoms with Crippen molar-refractivity contribution in [3.05, 3.63) is 27.7 Å². The molecule has 22 heavy (non-hydrogen) atoms. The summed E-state index contributed by atoms with van der Waals surface area (Å²) in [7, 11) is 0. The van der Waals surface area contributed by atoms with E-state index < -0.39 is 11.5 Å². The Hall–Kier alpha value is -1.27. The fourth-order valence-corrected chi connectivity index (χ4v) is 3.48. The molecule has 1 saturated carbocycles. The van der Waals surface area contributed by atoms with Gasteiger partial charge in [0.1, 0.15) is 5.75 Å². The van der Waals surface area contributed by atoms with Gasteiger partial charge in [0.2, 0.25) is 0 Å². The van der Waals surface area contributed by atoms with Crippen molar-refractivity contribution in [3.63, 3.8) is 0 Å². The van der Waals surface area contributed by atoms with E-state index in [1.165, 1.54) is 0 Å². The Balaban J connectivity index is 1.92. The maximum atomic E-state index is 12.1. The van der Waals surface area contributed by atoms with Gasteiger partial charge in [-0.3, -0.25) is 9.59 Å². The highest BCUT2D eigenvalue weighted by Gasteiger charge is 2.37. The van der Waals surface area contributed by atoms with Gasteiger partial charge in [-0.05, 0) is 31.0 Å². The summed E-state index contributed by atoms with van der Waals surface area (Å²) in [5, 5.41) is 12.3. The molecule has 1 aliphatic carbocycles. The number of carbonyl (C=O) groups is 2. The van der Waals surface area contributed by atoms with Crippen LogP contribution in [0.15, 0.2) is 22.7 Å². The molecule has 7 heteroatoms. The van der Waals surface area contributed by atoms with E-state index in [1.54, 1.807) is 18.2 Å². The number of hydrogen-bond acceptors (Lipinski definition) is 3. The highest BCUT2D eigenvalue weighted by Crippen LogP contribution is 2.33. The maximum Gasteiger partial charge on any atom is 0.305 e. The van der Waals surface area contributed by atoms with Gasteiger partial charge in [0.05, 0.1) is 17.0 Å². The molecule has 0 radical (unpaired) electrons. The summed E-state index contributed by atoms with van der Waals surface area (Å²) >= 11 is 9.30.